The Kier molecular flexibility index (Phi) is 4.93. The molecule has 0 radical (unpaired) electrons. The van der Waals surface area contributed by atoms with E-state index in [-0.39, 0.29) is 11.8 Å². The summed E-state index contributed by atoms with van der Waals surface area (Å²) in [5, 5.41) is 2.32. The molecule has 1 N–H and O–H groups in total. The lowest BCUT2D eigenvalue weighted by atomic mass is 10.0. The Hall–Kier alpha value is -0.900. The molecular weight excluding hydrogens is 204 g/mol. The van der Waals surface area contributed by atoms with Gasteiger partial charge in [0.25, 0.3) is 0 Å². The Balaban J connectivity index is 2.32. The Morgan fingerprint density at radius 3 is 2.19 bits per heavy atom. The zero-order valence-corrected chi connectivity index (χ0v) is 10.5. The van der Waals surface area contributed by atoms with Crippen molar-refractivity contribution in [2.75, 3.05) is 13.1 Å². The summed E-state index contributed by atoms with van der Waals surface area (Å²) in [6.45, 7) is 7.22. The van der Waals surface area contributed by atoms with Gasteiger partial charge in [0.05, 0.1) is 13.1 Å². The van der Waals surface area contributed by atoms with Gasteiger partial charge in [0.1, 0.15) is 0 Å². The maximum absolute atomic E-state index is 11.2. The van der Waals surface area contributed by atoms with Crippen LogP contribution in [0.4, 0.5) is 0 Å². The maximum atomic E-state index is 11.2. The van der Waals surface area contributed by atoms with Crippen molar-refractivity contribution in [3.05, 3.63) is 0 Å². The topological polar surface area (TPSA) is 49.4 Å². The van der Waals surface area contributed by atoms with Crippen LogP contribution in [0.1, 0.15) is 40.0 Å². The van der Waals surface area contributed by atoms with Crippen LogP contribution in [0.3, 0.4) is 0 Å². The molecule has 0 aliphatic carbocycles. The Morgan fingerprint density at radius 1 is 1.12 bits per heavy atom. The minimum absolute atomic E-state index is 0.174. The Labute approximate surface area is 97.4 Å². The summed E-state index contributed by atoms with van der Waals surface area (Å²) in [7, 11) is 0. The van der Waals surface area contributed by atoms with E-state index in [1.165, 1.54) is 6.42 Å². The first-order valence-electron chi connectivity index (χ1n) is 6.05. The summed E-state index contributed by atoms with van der Waals surface area (Å²) in [5.41, 5.74) is 0. The molecule has 0 aromatic rings. The maximum Gasteiger partial charge on any atom is 0.240 e. The normalized spacial score (nSPS) is 20.0. The molecule has 2 amide bonds. The van der Waals surface area contributed by atoms with Crippen LogP contribution in [0, 0.1) is 5.92 Å². The molecule has 4 nitrogen and oxygen atoms in total. The molecule has 0 bridgehead atoms. The van der Waals surface area contributed by atoms with Gasteiger partial charge < -0.3 is 0 Å². The zero-order chi connectivity index (χ0) is 12.1. The average molecular weight is 226 g/mol. The summed E-state index contributed by atoms with van der Waals surface area (Å²) in [4.78, 5) is 24.4. The predicted octanol–water partition coefficient (Wildman–Crippen LogP) is 1.16. The fourth-order valence-electron chi connectivity index (χ4n) is 1.98. The highest BCUT2D eigenvalue weighted by Gasteiger charge is 2.25. The van der Waals surface area contributed by atoms with Crippen LogP contribution in [-0.4, -0.2) is 35.8 Å². The molecule has 1 saturated heterocycles. The molecule has 1 aliphatic rings. The molecule has 0 aromatic carbocycles. The second-order valence-electron chi connectivity index (χ2n) is 5.05. The van der Waals surface area contributed by atoms with Crippen LogP contribution in [0.25, 0.3) is 0 Å². The van der Waals surface area contributed by atoms with Crippen molar-refractivity contribution in [3.63, 3.8) is 0 Å². The highest BCUT2D eigenvalue weighted by Crippen LogP contribution is 2.13. The van der Waals surface area contributed by atoms with Gasteiger partial charge >= 0.3 is 0 Å². The first-order valence-corrected chi connectivity index (χ1v) is 6.05. The number of hydrogen-bond acceptors (Lipinski definition) is 3. The summed E-state index contributed by atoms with van der Waals surface area (Å²) < 4.78 is 0. The minimum atomic E-state index is -0.174. The van der Waals surface area contributed by atoms with Gasteiger partial charge in [-0.1, -0.05) is 26.7 Å². The number of imide groups is 1. The molecule has 16 heavy (non-hydrogen) atoms. The van der Waals surface area contributed by atoms with Crippen molar-refractivity contribution >= 4 is 11.8 Å². The van der Waals surface area contributed by atoms with E-state index in [2.05, 4.69) is 26.1 Å². The van der Waals surface area contributed by atoms with Crippen molar-refractivity contribution in [1.82, 2.24) is 10.2 Å². The average Bonchev–Trinajstić information content (AvgIpc) is 2.15. The molecule has 1 fully saturated rings. The van der Waals surface area contributed by atoms with Gasteiger partial charge in [-0.3, -0.25) is 19.8 Å². The quantitative estimate of drug-likeness (QED) is 0.716. The van der Waals surface area contributed by atoms with Gasteiger partial charge in [-0.05, 0) is 19.3 Å². The van der Waals surface area contributed by atoms with Crippen molar-refractivity contribution in [2.24, 2.45) is 5.92 Å². The molecule has 0 spiro atoms. The third kappa shape index (κ3) is 4.31. The highest BCUT2D eigenvalue weighted by molar-refractivity contribution is 5.99. The number of nitrogens with zero attached hydrogens (tertiary/aromatic N) is 1. The number of carbonyl (C=O) groups is 2. The van der Waals surface area contributed by atoms with E-state index >= 15 is 0 Å². The first kappa shape index (κ1) is 13.2. The van der Waals surface area contributed by atoms with E-state index in [0.717, 1.165) is 18.8 Å². The van der Waals surface area contributed by atoms with E-state index in [1.807, 2.05) is 4.90 Å². The third-order valence-electron chi connectivity index (χ3n) is 3.00. The number of rotatable bonds is 5. The molecule has 4 heteroatoms. The molecular formula is C12H22N2O2. The molecule has 1 aliphatic heterocycles. The van der Waals surface area contributed by atoms with Crippen LogP contribution in [0.5, 0.6) is 0 Å². The lowest BCUT2D eigenvalue weighted by Crippen LogP contribution is -2.54. The second-order valence-corrected chi connectivity index (χ2v) is 5.05. The summed E-state index contributed by atoms with van der Waals surface area (Å²) in [6, 6.07) is 0.314. The lowest BCUT2D eigenvalue weighted by molar-refractivity contribution is -0.137. The first-order chi connectivity index (χ1) is 7.49. The van der Waals surface area contributed by atoms with Gasteiger partial charge in [0, 0.05) is 6.04 Å². The summed E-state index contributed by atoms with van der Waals surface area (Å²) in [5.74, 6) is 0.373. The molecule has 1 rings (SSSR count). The molecule has 1 atom stereocenters. The van der Waals surface area contributed by atoms with Gasteiger partial charge in [0.2, 0.25) is 11.8 Å². The van der Waals surface area contributed by atoms with Gasteiger partial charge in [0.15, 0.2) is 0 Å². The SMILES string of the molecule is CC(C)CCCC(C)N1CC(=O)NC(=O)C1. The number of amides is 2. The van der Waals surface area contributed by atoms with E-state index in [9.17, 15) is 9.59 Å². The zero-order valence-electron chi connectivity index (χ0n) is 10.5. The van der Waals surface area contributed by atoms with E-state index in [4.69, 9.17) is 0 Å². The number of hydrogen-bond donors (Lipinski definition) is 1. The van der Waals surface area contributed by atoms with Crippen molar-refractivity contribution in [2.45, 2.75) is 46.1 Å². The van der Waals surface area contributed by atoms with Crippen LogP contribution in [-0.2, 0) is 9.59 Å². The smallest absolute Gasteiger partial charge is 0.240 e. The fourth-order valence-corrected chi connectivity index (χ4v) is 1.98. The summed E-state index contributed by atoms with van der Waals surface area (Å²) >= 11 is 0. The van der Waals surface area contributed by atoms with Crippen molar-refractivity contribution in [3.8, 4) is 0 Å². The molecule has 1 unspecified atom stereocenters. The third-order valence-corrected chi connectivity index (χ3v) is 3.00. The van der Waals surface area contributed by atoms with Crippen LogP contribution < -0.4 is 5.32 Å². The van der Waals surface area contributed by atoms with Crippen molar-refractivity contribution < 1.29 is 9.59 Å². The highest BCUT2D eigenvalue weighted by atomic mass is 16.2. The van der Waals surface area contributed by atoms with Gasteiger partial charge in [-0.15, -0.1) is 0 Å². The van der Waals surface area contributed by atoms with Gasteiger partial charge in [-0.25, -0.2) is 0 Å². The molecule has 1 heterocycles. The van der Waals surface area contributed by atoms with E-state index in [1.54, 1.807) is 0 Å². The van der Waals surface area contributed by atoms with Crippen LogP contribution in [0.2, 0.25) is 0 Å². The predicted molar refractivity (Wildman–Crippen MR) is 62.9 cm³/mol. The lowest BCUT2D eigenvalue weighted by Gasteiger charge is -2.31. The van der Waals surface area contributed by atoms with Crippen LogP contribution >= 0.6 is 0 Å². The van der Waals surface area contributed by atoms with E-state index < -0.39 is 0 Å². The summed E-state index contributed by atoms with van der Waals surface area (Å²) in [6.07, 6.45) is 3.42. The van der Waals surface area contributed by atoms with Crippen molar-refractivity contribution in [1.29, 1.82) is 0 Å². The Morgan fingerprint density at radius 2 is 1.69 bits per heavy atom. The monoisotopic (exact) mass is 226 g/mol. The fraction of sp³-hybridized carbons (Fsp3) is 0.833. The minimum Gasteiger partial charge on any atom is -0.294 e. The number of nitrogens with one attached hydrogen (secondary N) is 1. The van der Waals surface area contributed by atoms with Gasteiger partial charge in [-0.2, -0.15) is 0 Å². The molecule has 0 aromatic heterocycles. The molecule has 0 saturated carbocycles. The van der Waals surface area contributed by atoms with Crippen LogP contribution in [0.15, 0.2) is 0 Å². The largest absolute Gasteiger partial charge is 0.294 e. The number of piperazine rings is 1. The standard InChI is InChI=1S/C12H22N2O2/c1-9(2)5-4-6-10(3)14-7-11(15)13-12(16)8-14/h9-10H,4-8H2,1-3H3,(H,13,15,16). The van der Waals surface area contributed by atoms with E-state index in [0.29, 0.717) is 19.1 Å². The Bertz CT molecular complexity index is 248. The number of carbonyl (C=O) groups excluding carboxylic acids is 2. The molecule has 92 valence electrons. The second kappa shape index (κ2) is 5.99.